The number of rotatable bonds is 8. The summed E-state index contributed by atoms with van der Waals surface area (Å²) in [6, 6.07) is 8.54. The summed E-state index contributed by atoms with van der Waals surface area (Å²) in [5, 5.41) is 17.2. The van der Waals surface area contributed by atoms with Crippen LogP contribution in [0.25, 0.3) is 0 Å². The molecule has 0 aliphatic rings. The van der Waals surface area contributed by atoms with Gasteiger partial charge in [0.25, 0.3) is 5.91 Å². The summed E-state index contributed by atoms with van der Waals surface area (Å²) in [6.45, 7) is -0.0510. The molecule has 0 aromatic heterocycles. The van der Waals surface area contributed by atoms with Gasteiger partial charge in [0, 0.05) is 13.1 Å². The second kappa shape index (κ2) is 10.2. The minimum atomic E-state index is -0.646. The number of nitriles is 2. The number of carbonyl (C=O) groups is 2. The lowest BCUT2D eigenvalue weighted by Gasteiger charge is -2.20. The fourth-order valence-corrected chi connectivity index (χ4v) is 2.37. The molecule has 7 nitrogen and oxygen atoms in total. The van der Waals surface area contributed by atoms with E-state index in [-0.39, 0.29) is 31.5 Å². The lowest BCUT2D eigenvalue weighted by molar-refractivity contribution is -0.134. The Labute approximate surface area is 148 Å². The number of carbonyl (C=O) groups excluding carboxylic acids is 2. The first-order valence-electron chi connectivity index (χ1n) is 7.05. The Morgan fingerprint density at radius 1 is 1.21 bits per heavy atom. The zero-order valence-electron chi connectivity index (χ0n) is 13.1. The first-order chi connectivity index (χ1) is 11.5. The Balaban J connectivity index is 2.63. The van der Waals surface area contributed by atoms with E-state index in [2.05, 4.69) is 15.9 Å². The molecule has 1 rings (SSSR count). The number of hydrogen-bond acceptors (Lipinski definition) is 6. The van der Waals surface area contributed by atoms with E-state index in [0.29, 0.717) is 10.2 Å². The van der Waals surface area contributed by atoms with E-state index in [4.69, 9.17) is 20.0 Å². The summed E-state index contributed by atoms with van der Waals surface area (Å²) in [5.74, 6) is -0.518. The maximum absolute atomic E-state index is 12.1. The van der Waals surface area contributed by atoms with Crippen molar-refractivity contribution >= 4 is 27.8 Å². The fourth-order valence-electron chi connectivity index (χ4n) is 1.83. The highest BCUT2D eigenvalue weighted by atomic mass is 79.9. The van der Waals surface area contributed by atoms with Crippen LogP contribution in [0.5, 0.6) is 5.75 Å². The summed E-state index contributed by atoms with van der Waals surface area (Å²) >= 11 is 3.27. The molecule has 24 heavy (non-hydrogen) atoms. The molecule has 0 heterocycles. The summed E-state index contributed by atoms with van der Waals surface area (Å²) in [7, 11) is 1.51. The third-order valence-corrected chi connectivity index (χ3v) is 3.67. The van der Waals surface area contributed by atoms with Gasteiger partial charge in [-0.05, 0) is 34.1 Å². The quantitative estimate of drug-likeness (QED) is 0.627. The SMILES string of the molecule is COc1ccc(C(=O)OCC(=O)N(CCC#N)CCC#N)cc1Br. The van der Waals surface area contributed by atoms with Crippen molar-refractivity contribution in [3.63, 3.8) is 0 Å². The predicted molar refractivity (Wildman–Crippen MR) is 88.0 cm³/mol. The van der Waals surface area contributed by atoms with E-state index in [0.717, 1.165) is 0 Å². The van der Waals surface area contributed by atoms with Crippen molar-refractivity contribution in [2.75, 3.05) is 26.8 Å². The van der Waals surface area contributed by atoms with Gasteiger partial charge in [-0.25, -0.2) is 4.79 Å². The molecule has 0 fully saturated rings. The maximum atomic E-state index is 12.1. The molecule has 0 radical (unpaired) electrons. The van der Waals surface area contributed by atoms with Gasteiger partial charge in [0.05, 0.1) is 42.1 Å². The van der Waals surface area contributed by atoms with Gasteiger partial charge in [0.15, 0.2) is 6.61 Å². The molecule has 0 aliphatic carbocycles. The number of hydrogen-bond donors (Lipinski definition) is 0. The van der Waals surface area contributed by atoms with Crippen LogP contribution in [0.3, 0.4) is 0 Å². The second-order valence-electron chi connectivity index (χ2n) is 4.62. The van der Waals surface area contributed by atoms with Crippen molar-refractivity contribution in [2.45, 2.75) is 12.8 Å². The highest BCUT2D eigenvalue weighted by molar-refractivity contribution is 9.10. The first-order valence-corrected chi connectivity index (χ1v) is 7.85. The van der Waals surface area contributed by atoms with E-state index in [1.54, 1.807) is 6.07 Å². The van der Waals surface area contributed by atoms with Gasteiger partial charge in [-0.15, -0.1) is 0 Å². The molecule has 126 valence electrons. The fraction of sp³-hybridized carbons (Fsp3) is 0.375. The third kappa shape index (κ3) is 5.90. The molecule has 0 bridgehead atoms. The highest BCUT2D eigenvalue weighted by Gasteiger charge is 2.17. The van der Waals surface area contributed by atoms with E-state index < -0.39 is 18.5 Å². The molecule has 0 aliphatic heterocycles. The van der Waals surface area contributed by atoms with Crippen molar-refractivity contribution in [1.82, 2.24) is 4.90 Å². The number of methoxy groups -OCH3 is 1. The summed E-state index contributed by atoms with van der Waals surface area (Å²) in [4.78, 5) is 25.4. The van der Waals surface area contributed by atoms with Gasteiger partial charge in [0.1, 0.15) is 5.75 Å². The Morgan fingerprint density at radius 2 is 1.83 bits per heavy atom. The molecule has 0 atom stereocenters. The number of ether oxygens (including phenoxy) is 2. The lowest BCUT2D eigenvalue weighted by Crippen LogP contribution is -2.36. The molecule has 8 heteroatoms. The second-order valence-corrected chi connectivity index (χ2v) is 5.48. The zero-order valence-corrected chi connectivity index (χ0v) is 14.7. The van der Waals surface area contributed by atoms with Crippen molar-refractivity contribution in [2.24, 2.45) is 0 Å². The van der Waals surface area contributed by atoms with Gasteiger partial charge in [0.2, 0.25) is 0 Å². The normalized spacial score (nSPS) is 9.50. The maximum Gasteiger partial charge on any atom is 0.338 e. The number of nitrogens with zero attached hydrogens (tertiary/aromatic N) is 3. The van der Waals surface area contributed by atoms with Gasteiger partial charge in [-0.3, -0.25) is 4.79 Å². The zero-order chi connectivity index (χ0) is 17.9. The van der Waals surface area contributed by atoms with Crippen molar-refractivity contribution in [3.8, 4) is 17.9 Å². The van der Waals surface area contributed by atoms with E-state index in [1.807, 2.05) is 12.1 Å². The molecule has 0 N–H and O–H groups in total. The van der Waals surface area contributed by atoms with Crippen LogP contribution < -0.4 is 4.74 Å². The largest absolute Gasteiger partial charge is 0.496 e. The van der Waals surface area contributed by atoms with Crippen LogP contribution >= 0.6 is 15.9 Å². The van der Waals surface area contributed by atoms with Crippen LogP contribution in [0.2, 0.25) is 0 Å². The molecule has 0 unspecified atom stereocenters. The third-order valence-electron chi connectivity index (χ3n) is 3.05. The van der Waals surface area contributed by atoms with Gasteiger partial charge >= 0.3 is 5.97 Å². The predicted octanol–water partition coefficient (Wildman–Crippen LogP) is 2.27. The first kappa shape index (κ1) is 19.5. The summed E-state index contributed by atoms with van der Waals surface area (Å²) in [6.07, 6.45) is 0.299. The van der Waals surface area contributed by atoms with E-state index in [1.165, 1.54) is 24.1 Å². The van der Waals surface area contributed by atoms with E-state index >= 15 is 0 Å². The van der Waals surface area contributed by atoms with Gasteiger partial charge < -0.3 is 14.4 Å². The van der Waals surface area contributed by atoms with Crippen LogP contribution in [0.1, 0.15) is 23.2 Å². The molecule has 1 aromatic rings. The Bertz CT molecular complexity index is 661. The monoisotopic (exact) mass is 393 g/mol. The Hall–Kier alpha value is -2.58. The average Bonchev–Trinajstić information content (AvgIpc) is 2.59. The molecule has 0 spiro atoms. The van der Waals surface area contributed by atoms with Crippen molar-refractivity contribution in [3.05, 3.63) is 28.2 Å². The van der Waals surface area contributed by atoms with Gasteiger partial charge in [-0.2, -0.15) is 10.5 Å². The molecule has 1 aromatic carbocycles. The van der Waals surface area contributed by atoms with Crippen molar-refractivity contribution in [1.29, 1.82) is 10.5 Å². The molecule has 0 saturated carbocycles. The van der Waals surface area contributed by atoms with Crippen LogP contribution in [0.15, 0.2) is 22.7 Å². The molecular weight excluding hydrogens is 378 g/mol. The Morgan fingerprint density at radius 3 is 2.33 bits per heavy atom. The van der Waals surface area contributed by atoms with Gasteiger partial charge in [-0.1, -0.05) is 0 Å². The van der Waals surface area contributed by atoms with Crippen LogP contribution in [-0.2, 0) is 9.53 Å². The number of halogens is 1. The average molecular weight is 394 g/mol. The number of benzene rings is 1. The minimum absolute atomic E-state index is 0.149. The van der Waals surface area contributed by atoms with E-state index in [9.17, 15) is 9.59 Å². The highest BCUT2D eigenvalue weighted by Crippen LogP contribution is 2.25. The number of esters is 1. The topological polar surface area (TPSA) is 103 Å². The standard InChI is InChI=1S/C16H16BrN3O4/c1-23-14-5-4-12(10-13(14)17)16(22)24-11-15(21)20(8-2-6-18)9-3-7-19/h4-5,10H,2-3,8-9,11H2,1H3. The van der Waals surface area contributed by atoms with Crippen LogP contribution in [-0.4, -0.2) is 43.6 Å². The lowest BCUT2D eigenvalue weighted by atomic mass is 10.2. The molecule has 1 amide bonds. The molecule has 0 saturated heterocycles. The number of amides is 1. The summed E-state index contributed by atoms with van der Waals surface area (Å²) in [5.41, 5.74) is 0.274. The minimum Gasteiger partial charge on any atom is -0.496 e. The Kier molecular flexibility index (Phi) is 8.31. The van der Waals surface area contributed by atoms with Crippen LogP contribution in [0.4, 0.5) is 0 Å². The molecular formula is C16H16BrN3O4. The van der Waals surface area contributed by atoms with Crippen molar-refractivity contribution < 1.29 is 19.1 Å². The van der Waals surface area contributed by atoms with Crippen LogP contribution in [0, 0.1) is 22.7 Å². The summed E-state index contributed by atoms with van der Waals surface area (Å²) < 4.78 is 10.7. The smallest absolute Gasteiger partial charge is 0.338 e.